The van der Waals surface area contributed by atoms with Gasteiger partial charge in [-0.1, -0.05) is 37.3 Å². The molecule has 0 aliphatic heterocycles. The molecule has 1 nitrogen and oxygen atoms in total. The van der Waals surface area contributed by atoms with E-state index < -0.39 is 0 Å². The largest absolute Gasteiger partial charge is 0.293 e. The minimum Gasteiger partial charge on any atom is -0.293 e. The van der Waals surface area contributed by atoms with E-state index in [0.29, 0.717) is 10.0 Å². The van der Waals surface area contributed by atoms with Crippen molar-refractivity contribution in [2.24, 2.45) is 0 Å². The Kier molecular flexibility index (Phi) is 4.48. The van der Waals surface area contributed by atoms with E-state index in [4.69, 9.17) is 0 Å². The van der Waals surface area contributed by atoms with E-state index in [2.05, 4.69) is 15.9 Å². The molecule has 2 rings (SSSR count). The summed E-state index contributed by atoms with van der Waals surface area (Å²) >= 11 is 3.11. The molecular formula is C16H14BrFO. The van der Waals surface area contributed by atoms with E-state index in [1.54, 1.807) is 6.07 Å². The molecule has 0 aromatic heterocycles. The molecule has 0 radical (unpaired) electrons. The van der Waals surface area contributed by atoms with Crippen molar-refractivity contribution in [1.29, 1.82) is 0 Å². The number of carbonyl (C=O) groups is 1. The van der Waals surface area contributed by atoms with Crippen LogP contribution in [0.3, 0.4) is 0 Å². The van der Waals surface area contributed by atoms with Gasteiger partial charge in [0.05, 0.1) is 4.47 Å². The van der Waals surface area contributed by atoms with E-state index in [0.717, 1.165) is 12.0 Å². The summed E-state index contributed by atoms with van der Waals surface area (Å²) in [6, 6.07) is 14.1. The lowest BCUT2D eigenvalue weighted by atomic mass is 9.89. The van der Waals surface area contributed by atoms with Crippen LogP contribution >= 0.6 is 15.9 Å². The van der Waals surface area contributed by atoms with Crippen molar-refractivity contribution in [2.75, 3.05) is 0 Å². The quantitative estimate of drug-likeness (QED) is 0.727. The van der Waals surface area contributed by atoms with Crippen LogP contribution in [0.5, 0.6) is 0 Å². The van der Waals surface area contributed by atoms with Crippen molar-refractivity contribution in [3.05, 3.63) is 69.9 Å². The van der Waals surface area contributed by atoms with Gasteiger partial charge in [0.2, 0.25) is 0 Å². The predicted octanol–water partition coefficient (Wildman–Crippen LogP) is 4.96. The number of Topliss-reactive ketones (excluding diaryl/α,β-unsaturated/α-hetero) is 1. The first kappa shape index (κ1) is 13.9. The van der Waals surface area contributed by atoms with Crippen LogP contribution in [-0.4, -0.2) is 5.78 Å². The van der Waals surface area contributed by atoms with Crippen molar-refractivity contribution in [3.8, 4) is 0 Å². The monoisotopic (exact) mass is 320 g/mol. The van der Waals surface area contributed by atoms with Crippen LogP contribution in [0.15, 0.2) is 53.0 Å². The summed E-state index contributed by atoms with van der Waals surface area (Å²) in [6.07, 6.45) is 0.720. The third-order valence-corrected chi connectivity index (χ3v) is 3.74. The number of hydrogen-bond donors (Lipinski definition) is 0. The maximum absolute atomic E-state index is 13.2. The number of ketones is 1. The van der Waals surface area contributed by atoms with E-state index in [-0.39, 0.29) is 17.5 Å². The molecule has 1 atom stereocenters. The summed E-state index contributed by atoms with van der Waals surface area (Å²) in [4.78, 5) is 12.5. The molecule has 0 fully saturated rings. The molecule has 0 amide bonds. The molecule has 0 aliphatic carbocycles. The molecular weight excluding hydrogens is 307 g/mol. The molecule has 0 bridgehead atoms. The van der Waals surface area contributed by atoms with Gasteiger partial charge in [0.15, 0.2) is 5.78 Å². The van der Waals surface area contributed by atoms with Gasteiger partial charge in [-0.3, -0.25) is 4.79 Å². The highest BCUT2D eigenvalue weighted by molar-refractivity contribution is 9.10. The van der Waals surface area contributed by atoms with E-state index in [1.165, 1.54) is 12.1 Å². The van der Waals surface area contributed by atoms with Gasteiger partial charge in [0.25, 0.3) is 0 Å². The van der Waals surface area contributed by atoms with Crippen LogP contribution in [-0.2, 0) is 0 Å². The Labute approximate surface area is 120 Å². The SMILES string of the molecule is CCC(C(=O)c1ccc(F)c(Br)c1)c1ccccc1. The minimum absolute atomic E-state index is 0.0226. The lowest BCUT2D eigenvalue weighted by molar-refractivity contribution is 0.0957. The molecule has 2 aromatic carbocycles. The molecule has 1 unspecified atom stereocenters. The first-order valence-corrected chi connectivity index (χ1v) is 6.97. The summed E-state index contributed by atoms with van der Waals surface area (Å²) < 4.78 is 13.5. The summed E-state index contributed by atoms with van der Waals surface area (Å²) in [5.74, 6) is -0.516. The standard InChI is InChI=1S/C16H14BrFO/c1-2-13(11-6-4-3-5-7-11)16(19)12-8-9-15(18)14(17)10-12/h3-10,13H,2H2,1H3. The number of benzene rings is 2. The Morgan fingerprint density at radius 2 is 1.89 bits per heavy atom. The van der Waals surface area contributed by atoms with Crippen molar-refractivity contribution in [2.45, 2.75) is 19.3 Å². The highest BCUT2D eigenvalue weighted by Crippen LogP contribution is 2.26. The summed E-state index contributed by atoms with van der Waals surface area (Å²) in [7, 11) is 0. The van der Waals surface area contributed by atoms with E-state index >= 15 is 0 Å². The van der Waals surface area contributed by atoms with Crippen LogP contribution in [0.2, 0.25) is 0 Å². The number of rotatable bonds is 4. The summed E-state index contributed by atoms with van der Waals surface area (Å²) in [5, 5.41) is 0. The zero-order chi connectivity index (χ0) is 13.8. The van der Waals surface area contributed by atoms with E-state index in [1.807, 2.05) is 37.3 Å². The molecule has 0 saturated carbocycles. The van der Waals surface area contributed by atoms with Gasteiger partial charge in [-0.2, -0.15) is 0 Å². The maximum atomic E-state index is 13.2. The molecule has 0 heterocycles. The third-order valence-electron chi connectivity index (χ3n) is 3.13. The fourth-order valence-electron chi connectivity index (χ4n) is 2.11. The van der Waals surface area contributed by atoms with Crippen LogP contribution in [0, 0.1) is 5.82 Å². The lowest BCUT2D eigenvalue weighted by Gasteiger charge is -2.14. The average molecular weight is 321 g/mol. The Morgan fingerprint density at radius 3 is 2.47 bits per heavy atom. The first-order valence-electron chi connectivity index (χ1n) is 6.17. The van der Waals surface area contributed by atoms with Crippen molar-refractivity contribution < 1.29 is 9.18 Å². The smallest absolute Gasteiger partial charge is 0.170 e. The zero-order valence-corrected chi connectivity index (χ0v) is 12.2. The van der Waals surface area contributed by atoms with Crippen molar-refractivity contribution in [1.82, 2.24) is 0 Å². The molecule has 0 spiro atoms. The topological polar surface area (TPSA) is 17.1 Å². The molecule has 19 heavy (non-hydrogen) atoms. The lowest BCUT2D eigenvalue weighted by Crippen LogP contribution is -2.12. The van der Waals surface area contributed by atoms with E-state index in [9.17, 15) is 9.18 Å². The fourth-order valence-corrected chi connectivity index (χ4v) is 2.49. The molecule has 2 aromatic rings. The van der Waals surface area contributed by atoms with Gasteiger partial charge < -0.3 is 0 Å². The molecule has 0 N–H and O–H groups in total. The number of carbonyl (C=O) groups excluding carboxylic acids is 1. The number of halogens is 2. The van der Waals surface area contributed by atoms with Gasteiger partial charge >= 0.3 is 0 Å². The summed E-state index contributed by atoms with van der Waals surface area (Å²) in [5.41, 5.74) is 1.53. The minimum atomic E-state index is -0.357. The highest BCUT2D eigenvalue weighted by Gasteiger charge is 2.20. The second-order valence-electron chi connectivity index (χ2n) is 4.36. The van der Waals surface area contributed by atoms with Crippen LogP contribution in [0.1, 0.15) is 35.2 Å². The fraction of sp³-hybridized carbons (Fsp3) is 0.188. The van der Waals surface area contributed by atoms with Crippen molar-refractivity contribution in [3.63, 3.8) is 0 Å². The molecule has 98 valence electrons. The Bertz CT molecular complexity index is 581. The Balaban J connectivity index is 2.33. The van der Waals surface area contributed by atoms with Gasteiger partial charge in [-0.15, -0.1) is 0 Å². The van der Waals surface area contributed by atoms with Crippen molar-refractivity contribution >= 4 is 21.7 Å². The van der Waals surface area contributed by atoms with Crippen LogP contribution in [0.25, 0.3) is 0 Å². The maximum Gasteiger partial charge on any atom is 0.170 e. The van der Waals surface area contributed by atoms with Crippen LogP contribution in [0.4, 0.5) is 4.39 Å². The van der Waals surface area contributed by atoms with Crippen LogP contribution < -0.4 is 0 Å². The molecule has 3 heteroatoms. The predicted molar refractivity (Wildman–Crippen MR) is 77.9 cm³/mol. The van der Waals surface area contributed by atoms with Gasteiger partial charge in [-0.25, -0.2) is 4.39 Å². The Morgan fingerprint density at radius 1 is 1.21 bits per heavy atom. The zero-order valence-electron chi connectivity index (χ0n) is 10.6. The highest BCUT2D eigenvalue weighted by atomic mass is 79.9. The molecule has 0 saturated heterocycles. The van der Waals surface area contributed by atoms with Gasteiger partial charge in [0.1, 0.15) is 5.82 Å². The summed E-state index contributed by atoms with van der Waals surface area (Å²) in [6.45, 7) is 1.98. The molecule has 0 aliphatic rings. The normalized spacial score (nSPS) is 12.2. The average Bonchev–Trinajstić information content (AvgIpc) is 2.44. The number of hydrogen-bond acceptors (Lipinski definition) is 1. The third kappa shape index (κ3) is 3.10. The van der Waals surface area contributed by atoms with Gasteiger partial charge in [-0.05, 0) is 46.1 Å². The first-order chi connectivity index (χ1) is 9.13. The van der Waals surface area contributed by atoms with Gasteiger partial charge in [0, 0.05) is 11.5 Å². The Hall–Kier alpha value is -1.48. The second-order valence-corrected chi connectivity index (χ2v) is 5.22. The second kappa shape index (κ2) is 6.11.